The summed E-state index contributed by atoms with van der Waals surface area (Å²) in [5.74, 6) is 0. The molecule has 1 heterocycles. The number of carbonyl (C=O) groups is 1. The van der Waals surface area contributed by atoms with Crippen LogP contribution in [-0.4, -0.2) is 18.7 Å². The molecule has 0 aromatic heterocycles. The number of benzene rings is 1. The number of rotatable bonds is 1. The van der Waals surface area contributed by atoms with Gasteiger partial charge in [0.05, 0.1) is 6.54 Å². The van der Waals surface area contributed by atoms with Crippen LogP contribution in [0.25, 0.3) is 0 Å². The van der Waals surface area contributed by atoms with E-state index in [0.29, 0.717) is 6.54 Å². The molecule has 1 saturated heterocycles. The predicted molar refractivity (Wildman–Crippen MR) is 62.4 cm³/mol. The third-order valence-electron chi connectivity index (χ3n) is 2.10. The quantitative estimate of drug-likeness (QED) is 0.747. The first kappa shape index (κ1) is 9.76. The minimum Gasteiger partial charge on any atom is -0.444 e. The van der Waals surface area contributed by atoms with Crippen molar-refractivity contribution in [1.29, 1.82) is 0 Å². The second kappa shape index (κ2) is 3.76. The average Bonchev–Trinajstić information content (AvgIpc) is 2.47. The Kier molecular flexibility index (Phi) is 2.62. The lowest BCUT2D eigenvalue weighted by Crippen LogP contribution is -2.23. The monoisotopic (exact) mass is 303 g/mol. The van der Waals surface area contributed by atoms with Gasteiger partial charge in [-0.05, 0) is 53.8 Å². The third kappa shape index (κ3) is 1.84. The van der Waals surface area contributed by atoms with Gasteiger partial charge in [-0.15, -0.1) is 0 Å². The Morgan fingerprint density at radius 1 is 1.43 bits per heavy atom. The van der Waals surface area contributed by atoms with Gasteiger partial charge in [-0.3, -0.25) is 4.90 Å². The topological polar surface area (TPSA) is 29.5 Å². The van der Waals surface area contributed by atoms with Gasteiger partial charge in [0.2, 0.25) is 0 Å². The number of nitrogens with zero attached hydrogens (tertiary/aromatic N) is 1. The molecule has 1 fully saturated rings. The van der Waals surface area contributed by atoms with E-state index in [1.54, 1.807) is 4.90 Å². The molecule has 74 valence electrons. The van der Waals surface area contributed by atoms with Crippen molar-refractivity contribution in [2.75, 3.05) is 11.4 Å². The number of anilines is 1. The number of amides is 1. The molecule has 1 aromatic rings. The van der Waals surface area contributed by atoms with E-state index >= 15 is 0 Å². The SMILES string of the molecule is CC1CN(c2ccc(I)cc2)C(=O)O1. The van der Waals surface area contributed by atoms with E-state index in [0.717, 1.165) is 9.26 Å². The van der Waals surface area contributed by atoms with E-state index in [-0.39, 0.29) is 12.2 Å². The average molecular weight is 303 g/mol. The number of hydrogen-bond acceptors (Lipinski definition) is 2. The highest BCUT2D eigenvalue weighted by molar-refractivity contribution is 14.1. The molecule has 0 N–H and O–H groups in total. The highest BCUT2D eigenvalue weighted by atomic mass is 127. The van der Waals surface area contributed by atoms with E-state index in [4.69, 9.17) is 4.74 Å². The van der Waals surface area contributed by atoms with Crippen LogP contribution < -0.4 is 4.90 Å². The standard InChI is InChI=1S/C10H10INO2/c1-7-6-12(10(13)14-7)9-4-2-8(11)3-5-9/h2-5,7H,6H2,1H3. The summed E-state index contributed by atoms with van der Waals surface area (Å²) in [6.07, 6.45) is -0.263. The molecule has 1 atom stereocenters. The van der Waals surface area contributed by atoms with Crippen LogP contribution in [-0.2, 0) is 4.74 Å². The van der Waals surface area contributed by atoms with Gasteiger partial charge in [-0.1, -0.05) is 0 Å². The molecular formula is C10H10INO2. The van der Waals surface area contributed by atoms with Crippen LogP contribution >= 0.6 is 22.6 Å². The summed E-state index contributed by atoms with van der Waals surface area (Å²) < 4.78 is 6.20. The zero-order valence-electron chi connectivity index (χ0n) is 7.74. The van der Waals surface area contributed by atoms with E-state index in [1.807, 2.05) is 31.2 Å². The zero-order chi connectivity index (χ0) is 10.1. The summed E-state index contributed by atoms with van der Waals surface area (Å²) in [6, 6.07) is 7.82. The highest BCUT2D eigenvalue weighted by Crippen LogP contribution is 2.22. The molecular weight excluding hydrogens is 293 g/mol. The Balaban J connectivity index is 2.23. The number of carbonyl (C=O) groups excluding carboxylic acids is 1. The lowest BCUT2D eigenvalue weighted by Gasteiger charge is -2.12. The van der Waals surface area contributed by atoms with Gasteiger partial charge >= 0.3 is 6.09 Å². The summed E-state index contributed by atoms with van der Waals surface area (Å²) in [4.78, 5) is 13.0. The summed E-state index contributed by atoms with van der Waals surface area (Å²) >= 11 is 2.23. The van der Waals surface area contributed by atoms with Gasteiger partial charge in [0, 0.05) is 9.26 Å². The summed E-state index contributed by atoms with van der Waals surface area (Å²) in [6.45, 7) is 2.53. The molecule has 0 spiro atoms. The molecule has 4 heteroatoms. The van der Waals surface area contributed by atoms with Gasteiger partial charge in [-0.25, -0.2) is 4.79 Å². The Morgan fingerprint density at radius 2 is 2.07 bits per heavy atom. The van der Waals surface area contributed by atoms with Crippen LogP contribution in [0.3, 0.4) is 0 Å². The minimum atomic E-state index is -0.251. The van der Waals surface area contributed by atoms with Crippen molar-refractivity contribution in [2.24, 2.45) is 0 Å². The largest absolute Gasteiger partial charge is 0.444 e. The smallest absolute Gasteiger partial charge is 0.414 e. The fourth-order valence-electron chi connectivity index (χ4n) is 1.44. The third-order valence-corrected chi connectivity index (χ3v) is 2.82. The van der Waals surface area contributed by atoms with Crippen molar-refractivity contribution < 1.29 is 9.53 Å². The molecule has 1 aromatic carbocycles. The second-order valence-corrected chi connectivity index (χ2v) is 4.53. The van der Waals surface area contributed by atoms with Crippen LogP contribution in [0.1, 0.15) is 6.92 Å². The molecule has 1 unspecified atom stereocenters. The molecule has 3 nitrogen and oxygen atoms in total. The molecule has 2 rings (SSSR count). The van der Waals surface area contributed by atoms with Gasteiger partial charge in [-0.2, -0.15) is 0 Å². The number of halogens is 1. The van der Waals surface area contributed by atoms with Crippen molar-refractivity contribution in [3.05, 3.63) is 27.8 Å². The fourth-order valence-corrected chi connectivity index (χ4v) is 1.80. The van der Waals surface area contributed by atoms with Crippen molar-refractivity contribution in [1.82, 2.24) is 0 Å². The Hall–Kier alpha value is -0.780. The summed E-state index contributed by atoms with van der Waals surface area (Å²) in [5.41, 5.74) is 0.903. The van der Waals surface area contributed by atoms with E-state index in [9.17, 15) is 4.79 Å². The molecule has 0 bridgehead atoms. The van der Waals surface area contributed by atoms with Gasteiger partial charge in [0.1, 0.15) is 6.10 Å². The van der Waals surface area contributed by atoms with Crippen molar-refractivity contribution in [3.8, 4) is 0 Å². The maximum absolute atomic E-state index is 11.4. The normalized spacial score (nSPS) is 21.1. The fraction of sp³-hybridized carbons (Fsp3) is 0.300. The Bertz CT molecular complexity index is 350. The molecule has 0 radical (unpaired) electrons. The zero-order valence-corrected chi connectivity index (χ0v) is 9.89. The maximum atomic E-state index is 11.4. The molecule has 1 amide bonds. The Labute approximate surface area is 96.2 Å². The van der Waals surface area contributed by atoms with Gasteiger partial charge in [0.25, 0.3) is 0 Å². The van der Waals surface area contributed by atoms with Crippen LogP contribution in [0.15, 0.2) is 24.3 Å². The van der Waals surface area contributed by atoms with Crippen molar-refractivity contribution in [3.63, 3.8) is 0 Å². The predicted octanol–water partition coefficient (Wildman–Crippen LogP) is 2.64. The maximum Gasteiger partial charge on any atom is 0.414 e. The van der Waals surface area contributed by atoms with Crippen LogP contribution in [0.4, 0.5) is 10.5 Å². The van der Waals surface area contributed by atoms with E-state index < -0.39 is 0 Å². The Morgan fingerprint density at radius 3 is 2.57 bits per heavy atom. The second-order valence-electron chi connectivity index (χ2n) is 3.28. The number of ether oxygens (including phenoxy) is 1. The first-order chi connectivity index (χ1) is 6.66. The van der Waals surface area contributed by atoms with Crippen LogP contribution in [0, 0.1) is 3.57 Å². The van der Waals surface area contributed by atoms with Gasteiger partial charge in [0.15, 0.2) is 0 Å². The summed E-state index contributed by atoms with van der Waals surface area (Å²) in [7, 11) is 0. The molecule has 0 saturated carbocycles. The molecule has 14 heavy (non-hydrogen) atoms. The summed E-state index contributed by atoms with van der Waals surface area (Å²) in [5, 5.41) is 0. The molecule has 1 aliphatic heterocycles. The minimum absolute atomic E-state index is 0.0122. The first-order valence-electron chi connectivity index (χ1n) is 4.40. The molecule has 1 aliphatic rings. The van der Waals surface area contributed by atoms with E-state index in [1.165, 1.54) is 0 Å². The van der Waals surface area contributed by atoms with Gasteiger partial charge < -0.3 is 4.74 Å². The highest BCUT2D eigenvalue weighted by Gasteiger charge is 2.28. The first-order valence-corrected chi connectivity index (χ1v) is 5.48. The van der Waals surface area contributed by atoms with Crippen molar-refractivity contribution in [2.45, 2.75) is 13.0 Å². The van der Waals surface area contributed by atoms with Crippen LogP contribution in [0.5, 0.6) is 0 Å². The number of hydrogen-bond donors (Lipinski definition) is 0. The van der Waals surface area contributed by atoms with E-state index in [2.05, 4.69) is 22.6 Å². The number of cyclic esters (lactones) is 1. The molecule has 0 aliphatic carbocycles. The lowest BCUT2D eigenvalue weighted by molar-refractivity contribution is 0.150. The van der Waals surface area contributed by atoms with Crippen molar-refractivity contribution >= 4 is 34.4 Å². The lowest BCUT2D eigenvalue weighted by atomic mass is 10.3. The van der Waals surface area contributed by atoms with Crippen LogP contribution in [0.2, 0.25) is 0 Å².